The van der Waals surface area contributed by atoms with E-state index in [0.717, 1.165) is 42.4 Å². The lowest BCUT2D eigenvalue weighted by Crippen LogP contribution is -2.50. The van der Waals surface area contributed by atoms with E-state index in [0.29, 0.717) is 53.4 Å². The van der Waals surface area contributed by atoms with Crippen LogP contribution in [0, 0.1) is 23.1 Å². The Hall–Kier alpha value is -3.68. The minimum atomic E-state index is -0.715. The Labute approximate surface area is 248 Å². The molecular formula is C34H31ClFNO5. The molecule has 1 aromatic heterocycles. The van der Waals surface area contributed by atoms with Gasteiger partial charge in [-0.25, -0.2) is 4.39 Å². The van der Waals surface area contributed by atoms with E-state index < -0.39 is 5.97 Å². The van der Waals surface area contributed by atoms with E-state index in [1.165, 1.54) is 6.07 Å². The summed E-state index contributed by atoms with van der Waals surface area (Å²) in [5, 5.41) is 10.2. The number of carboxylic acid groups (broad SMARTS) is 1. The summed E-state index contributed by atoms with van der Waals surface area (Å²) in [5.74, 6) is -0.381. The molecule has 3 aliphatic rings. The average molecular weight is 588 g/mol. The smallest absolute Gasteiger partial charge is 0.306 e. The largest absolute Gasteiger partial charge is 0.484 e. The zero-order chi connectivity index (χ0) is 29.0. The van der Waals surface area contributed by atoms with Crippen molar-refractivity contribution >= 4 is 34.3 Å². The molecule has 3 fully saturated rings. The molecule has 0 unspecified atom stereocenters. The number of benzene rings is 3. The number of rotatable bonds is 9. The molecule has 0 atom stereocenters. The molecule has 2 heterocycles. The molecule has 1 saturated heterocycles. The SMILES string of the molecule is O=C(CC1CC2(C1)CC(C(=O)O)C2)c1ccc(F)c2ccn(Cc3ccc(-c4ccc(OC5COC5)c(Cl)c4)cc3)c12. The van der Waals surface area contributed by atoms with Crippen LogP contribution in [0.2, 0.25) is 5.02 Å². The predicted molar refractivity (Wildman–Crippen MR) is 158 cm³/mol. The molecule has 4 aromatic rings. The number of carboxylic acids is 1. The average Bonchev–Trinajstić information content (AvgIpc) is 3.32. The molecule has 0 amide bonds. The summed E-state index contributed by atoms with van der Waals surface area (Å²) in [6, 6.07) is 18.6. The molecule has 6 nitrogen and oxygen atoms in total. The third-order valence-corrected chi connectivity index (χ3v) is 9.57. The lowest BCUT2D eigenvalue weighted by atomic mass is 9.47. The number of nitrogens with zero attached hydrogens (tertiary/aromatic N) is 1. The first-order valence-corrected chi connectivity index (χ1v) is 14.8. The van der Waals surface area contributed by atoms with Crippen molar-refractivity contribution in [2.75, 3.05) is 13.2 Å². The maximum Gasteiger partial charge on any atom is 0.306 e. The fraction of sp³-hybridized carbons (Fsp3) is 0.353. The van der Waals surface area contributed by atoms with Crippen molar-refractivity contribution in [3.8, 4) is 16.9 Å². The topological polar surface area (TPSA) is 77.8 Å². The van der Waals surface area contributed by atoms with Crippen molar-refractivity contribution < 1.29 is 28.6 Å². The summed E-state index contributed by atoms with van der Waals surface area (Å²) >= 11 is 6.48. The molecule has 1 spiro atoms. The van der Waals surface area contributed by atoms with Gasteiger partial charge in [0.1, 0.15) is 17.7 Å². The summed E-state index contributed by atoms with van der Waals surface area (Å²) in [6.07, 6.45) is 5.53. The zero-order valence-electron chi connectivity index (χ0n) is 23.0. The highest BCUT2D eigenvalue weighted by Crippen LogP contribution is 2.62. The highest BCUT2D eigenvalue weighted by molar-refractivity contribution is 6.32. The Morgan fingerprint density at radius 2 is 1.74 bits per heavy atom. The molecule has 216 valence electrons. The highest BCUT2D eigenvalue weighted by atomic mass is 35.5. The molecule has 1 aliphatic heterocycles. The third kappa shape index (κ3) is 4.99. The Morgan fingerprint density at radius 3 is 2.40 bits per heavy atom. The van der Waals surface area contributed by atoms with Crippen molar-refractivity contribution in [1.29, 1.82) is 0 Å². The standard InChI is InChI=1S/C34H31ClFNO5/c35-28-12-23(5-8-31(28)42-25-18-41-19-25)22-3-1-20(2-4-22)17-37-10-9-26-29(36)7-6-27(32(26)37)30(38)11-21-13-34(14-21)15-24(16-34)33(39)40/h1-10,12,21,24-25H,11,13-19H2,(H,39,40). The number of aromatic nitrogens is 1. The van der Waals surface area contributed by atoms with Crippen LogP contribution in [0.5, 0.6) is 5.75 Å². The Balaban J connectivity index is 1.05. The van der Waals surface area contributed by atoms with Crippen molar-refractivity contribution in [3.05, 3.63) is 88.8 Å². The number of ketones is 1. The van der Waals surface area contributed by atoms with E-state index in [4.69, 9.17) is 21.1 Å². The molecular weight excluding hydrogens is 557 g/mol. The second kappa shape index (κ2) is 10.5. The van der Waals surface area contributed by atoms with Gasteiger partial charge in [-0.2, -0.15) is 0 Å². The third-order valence-electron chi connectivity index (χ3n) is 9.27. The first-order chi connectivity index (χ1) is 20.3. The summed E-state index contributed by atoms with van der Waals surface area (Å²) in [6.45, 7) is 1.65. The van der Waals surface area contributed by atoms with Gasteiger partial charge in [0.2, 0.25) is 0 Å². The van der Waals surface area contributed by atoms with Gasteiger partial charge in [-0.15, -0.1) is 0 Å². The summed E-state index contributed by atoms with van der Waals surface area (Å²) < 4.78 is 27.7. The number of fused-ring (bicyclic) bond motifs is 1. The van der Waals surface area contributed by atoms with Crippen LogP contribution >= 0.6 is 11.6 Å². The molecule has 7 rings (SSSR count). The molecule has 8 heteroatoms. The van der Waals surface area contributed by atoms with Crippen molar-refractivity contribution in [3.63, 3.8) is 0 Å². The number of halogens is 2. The Morgan fingerprint density at radius 1 is 1.00 bits per heavy atom. The predicted octanol–water partition coefficient (Wildman–Crippen LogP) is 7.39. The van der Waals surface area contributed by atoms with E-state index in [1.807, 2.05) is 53.2 Å². The van der Waals surface area contributed by atoms with Crippen LogP contribution in [0.4, 0.5) is 4.39 Å². The lowest BCUT2D eigenvalue weighted by Gasteiger charge is -2.56. The molecule has 2 saturated carbocycles. The van der Waals surface area contributed by atoms with Gasteiger partial charge in [0, 0.05) is 30.1 Å². The summed E-state index contributed by atoms with van der Waals surface area (Å²) in [4.78, 5) is 24.6. The number of Topliss-reactive ketones (excluding diaryl/α,β-unsaturated/α-hetero) is 1. The van der Waals surface area contributed by atoms with E-state index in [-0.39, 0.29) is 35.0 Å². The van der Waals surface area contributed by atoms with Gasteiger partial charge in [-0.1, -0.05) is 41.9 Å². The van der Waals surface area contributed by atoms with Crippen LogP contribution in [0.1, 0.15) is 48.0 Å². The van der Waals surface area contributed by atoms with Crippen LogP contribution in [0.3, 0.4) is 0 Å². The second-order valence-corrected chi connectivity index (χ2v) is 12.7. The number of carbonyl (C=O) groups excluding carboxylic acids is 1. The number of ether oxygens (including phenoxy) is 2. The quantitative estimate of drug-likeness (QED) is 0.207. The van der Waals surface area contributed by atoms with E-state index >= 15 is 0 Å². The van der Waals surface area contributed by atoms with Gasteiger partial charge in [-0.3, -0.25) is 9.59 Å². The molecule has 3 aromatic carbocycles. The normalized spacial score (nSPS) is 23.3. The summed E-state index contributed by atoms with van der Waals surface area (Å²) in [7, 11) is 0. The monoisotopic (exact) mass is 587 g/mol. The first kappa shape index (κ1) is 27.2. The second-order valence-electron chi connectivity index (χ2n) is 12.3. The number of hydrogen-bond donors (Lipinski definition) is 1. The number of hydrogen-bond acceptors (Lipinski definition) is 4. The Bertz CT molecular complexity index is 1680. The van der Waals surface area contributed by atoms with Crippen molar-refractivity contribution in [1.82, 2.24) is 4.57 Å². The number of carbonyl (C=O) groups is 2. The van der Waals surface area contributed by atoms with E-state index in [2.05, 4.69) is 0 Å². The minimum absolute atomic E-state index is 0.0124. The maximum atomic E-state index is 14.8. The van der Waals surface area contributed by atoms with Gasteiger partial charge in [0.15, 0.2) is 5.78 Å². The molecule has 0 radical (unpaired) electrons. The molecule has 0 bridgehead atoms. The fourth-order valence-electron chi connectivity index (χ4n) is 7.06. The van der Waals surface area contributed by atoms with E-state index in [9.17, 15) is 19.1 Å². The first-order valence-electron chi connectivity index (χ1n) is 14.4. The fourth-order valence-corrected chi connectivity index (χ4v) is 7.28. The lowest BCUT2D eigenvalue weighted by molar-refractivity contribution is -0.157. The van der Waals surface area contributed by atoms with Crippen LogP contribution in [0.25, 0.3) is 22.0 Å². The summed E-state index contributed by atoms with van der Waals surface area (Å²) in [5.41, 5.74) is 4.28. The van der Waals surface area contributed by atoms with Gasteiger partial charge in [0.05, 0.1) is 29.7 Å². The molecule has 1 N–H and O–H groups in total. The van der Waals surface area contributed by atoms with Gasteiger partial charge < -0.3 is 19.1 Å². The van der Waals surface area contributed by atoms with Crippen LogP contribution in [-0.2, 0) is 16.1 Å². The van der Waals surface area contributed by atoms with E-state index in [1.54, 1.807) is 12.1 Å². The highest BCUT2D eigenvalue weighted by Gasteiger charge is 2.54. The van der Waals surface area contributed by atoms with Crippen LogP contribution in [0.15, 0.2) is 66.9 Å². The van der Waals surface area contributed by atoms with Crippen LogP contribution in [-0.4, -0.2) is 40.7 Å². The van der Waals surface area contributed by atoms with Gasteiger partial charge in [-0.05, 0) is 84.0 Å². The molecule has 2 aliphatic carbocycles. The van der Waals surface area contributed by atoms with Gasteiger partial charge in [0.25, 0.3) is 0 Å². The maximum absolute atomic E-state index is 14.8. The van der Waals surface area contributed by atoms with Crippen LogP contribution < -0.4 is 4.74 Å². The van der Waals surface area contributed by atoms with Gasteiger partial charge >= 0.3 is 5.97 Å². The zero-order valence-corrected chi connectivity index (χ0v) is 23.8. The van der Waals surface area contributed by atoms with Crippen molar-refractivity contribution in [2.45, 2.75) is 44.8 Å². The Kier molecular flexibility index (Phi) is 6.82. The minimum Gasteiger partial charge on any atom is -0.484 e. The molecule has 42 heavy (non-hydrogen) atoms. The van der Waals surface area contributed by atoms with Crippen molar-refractivity contribution in [2.24, 2.45) is 17.3 Å². The number of aliphatic carboxylic acids is 1.